The summed E-state index contributed by atoms with van der Waals surface area (Å²) in [6.45, 7) is 4.03. The number of amides is 1. The maximum absolute atomic E-state index is 15.0. The Labute approximate surface area is 189 Å². The van der Waals surface area contributed by atoms with Crippen LogP contribution in [0.2, 0.25) is 0 Å². The van der Waals surface area contributed by atoms with E-state index in [0.717, 1.165) is 24.8 Å². The van der Waals surface area contributed by atoms with Crippen LogP contribution in [0, 0.1) is 5.82 Å². The maximum Gasteiger partial charge on any atom is 0.219 e. The summed E-state index contributed by atoms with van der Waals surface area (Å²) in [7, 11) is -3.53. The third-order valence-corrected chi connectivity index (χ3v) is 8.29. The molecule has 2 fully saturated rings. The molecule has 1 amide bonds. The van der Waals surface area contributed by atoms with E-state index in [1.165, 1.54) is 6.07 Å². The van der Waals surface area contributed by atoms with Gasteiger partial charge in [-0.2, -0.15) is 4.31 Å². The van der Waals surface area contributed by atoms with Gasteiger partial charge in [0.25, 0.3) is 0 Å². The van der Waals surface area contributed by atoms with Gasteiger partial charge in [0.15, 0.2) is 0 Å². The van der Waals surface area contributed by atoms with Gasteiger partial charge in [-0.25, -0.2) is 12.8 Å². The molecule has 4 rings (SSSR count). The van der Waals surface area contributed by atoms with Crippen molar-refractivity contribution in [3.63, 3.8) is 0 Å². The number of piperazine rings is 1. The smallest absolute Gasteiger partial charge is 0.219 e. The summed E-state index contributed by atoms with van der Waals surface area (Å²) in [6, 6.07) is 14.2. The van der Waals surface area contributed by atoms with E-state index in [1.807, 2.05) is 41.3 Å². The molecule has 2 aromatic carbocycles. The van der Waals surface area contributed by atoms with E-state index in [-0.39, 0.29) is 30.1 Å². The summed E-state index contributed by atoms with van der Waals surface area (Å²) < 4.78 is 43.0. The zero-order chi connectivity index (χ0) is 22.7. The molecular weight excluding hydrogens is 429 g/mol. The fraction of sp³-hybridized carbons (Fsp3) is 0.458. The van der Waals surface area contributed by atoms with Gasteiger partial charge in [0.2, 0.25) is 15.9 Å². The van der Waals surface area contributed by atoms with E-state index in [2.05, 4.69) is 0 Å². The van der Waals surface area contributed by atoms with Crippen molar-refractivity contribution in [2.24, 2.45) is 0 Å². The van der Waals surface area contributed by atoms with Gasteiger partial charge in [-0.05, 0) is 36.1 Å². The second-order valence-electron chi connectivity index (χ2n) is 8.65. The second kappa shape index (κ2) is 9.58. The van der Waals surface area contributed by atoms with Gasteiger partial charge in [0, 0.05) is 45.7 Å². The Hall–Kier alpha value is -2.45. The van der Waals surface area contributed by atoms with Crippen LogP contribution in [-0.2, 0) is 27.1 Å². The predicted molar refractivity (Wildman–Crippen MR) is 123 cm³/mol. The monoisotopic (exact) mass is 459 g/mol. The SMILES string of the molecule is CC(=O)N1CCN(c2ccc(CN(C3CCC3)S(=O)(=O)Cc3ccccc3)cc2F)CC1. The molecule has 0 bridgehead atoms. The van der Waals surface area contributed by atoms with Crippen LogP contribution in [0.5, 0.6) is 0 Å². The van der Waals surface area contributed by atoms with Gasteiger partial charge in [0.05, 0.1) is 11.4 Å². The molecule has 0 radical (unpaired) electrons. The highest BCUT2D eigenvalue weighted by atomic mass is 32.2. The van der Waals surface area contributed by atoms with Crippen LogP contribution in [0.15, 0.2) is 48.5 Å². The molecule has 8 heteroatoms. The highest BCUT2D eigenvalue weighted by molar-refractivity contribution is 7.88. The molecule has 2 aromatic rings. The lowest BCUT2D eigenvalue weighted by Gasteiger charge is -2.37. The highest BCUT2D eigenvalue weighted by Crippen LogP contribution is 2.31. The van der Waals surface area contributed by atoms with Gasteiger partial charge >= 0.3 is 0 Å². The number of benzene rings is 2. The first kappa shape index (κ1) is 22.7. The minimum Gasteiger partial charge on any atom is -0.366 e. The first-order valence-corrected chi connectivity index (χ1v) is 12.8. The van der Waals surface area contributed by atoms with E-state index >= 15 is 0 Å². The molecular formula is C24H30FN3O3S. The normalized spacial score (nSPS) is 17.5. The fourth-order valence-electron chi connectivity index (χ4n) is 4.34. The molecule has 1 aliphatic carbocycles. The van der Waals surface area contributed by atoms with Crippen molar-refractivity contribution >= 4 is 21.6 Å². The molecule has 0 N–H and O–H groups in total. The zero-order valence-corrected chi connectivity index (χ0v) is 19.2. The number of carbonyl (C=O) groups excluding carboxylic acids is 1. The molecule has 1 saturated heterocycles. The van der Waals surface area contributed by atoms with Crippen molar-refractivity contribution in [2.45, 2.75) is 44.5 Å². The van der Waals surface area contributed by atoms with Crippen molar-refractivity contribution in [1.29, 1.82) is 0 Å². The minimum atomic E-state index is -3.53. The van der Waals surface area contributed by atoms with Crippen LogP contribution in [0.25, 0.3) is 0 Å². The summed E-state index contributed by atoms with van der Waals surface area (Å²) in [5, 5.41) is 0. The van der Waals surface area contributed by atoms with E-state index in [4.69, 9.17) is 0 Å². The molecule has 1 heterocycles. The lowest BCUT2D eigenvalue weighted by Crippen LogP contribution is -2.48. The number of nitrogens with zero attached hydrogens (tertiary/aromatic N) is 3. The number of carbonyl (C=O) groups is 1. The Morgan fingerprint density at radius 3 is 2.28 bits per heavy atom. The van der Waals surface area contributed by atoms with Crippen LogP contribution < -0.4 is 4.90 Å². The third kappa shape index (κ3) is 5.13. The third-order valence-electron chi connectivity index (χ3n) is 6.45. The molecule has 6 nitrogen and oxygen atoms in total. The average molecular weight is 460 g/mol. The molecule has 2 aliphatic rings. The molecule has 32 heavy (non-hydrogen) atoms. The van der Waals surface area contributed by atoms with Crippen LogP contribution in [-0.4, -0.2) is 55.8 Å². The standard InChI is InChI=1S/C24H30FN3O3S/c1-19(29)26-12-14-27(15-13-26)24-11-10-21(16-23(24)25)17-28(22-8-5-9-22)32(30,31)18-20-6-3-2-4-7-20/h2-4,6-7,10-11,16,22H,5,8-9,12-15,17-18H2,1H3. The van der Waals surface area contributed by atoms with E-state index < -0.39 is 10.0 Å². The number of halogens is 1. The Morgan fingerprint density at radius 2 is 1.72 bits per heavy atom. The van der Waals surface area contributed by atoms with Gasteiger partial charge in [-0.3, -0.25) is 4.79 Å². The van der Waals surface area contributed by atoms with Gasteiger partial charge in [-0.1, -0.05) is 42.8 Å². The van der Waals surface area contributed by atoms with Crippen molar-refractivity contribution in [1.82, 2.24) is 9.21 Å². The number of anilines is 1. The summed E-state index contributed by atoms with van der Waals surface area (Å²) in [4.78, 5) is 15.2. The van der Waals surface area contributed by atoms with Gasteiger partial charge in [0.1, 0.15) is 5.82 Å². The lowest BCUT2D eigenvalue weighted by molar-refractivity contribution is -0.129. The second-order valence-corrected chi connectivity index (χ2v) is 10.6. The number of sulfonamides is 1. The minimum absolute atomic E-state index is 0.0221. The van der Waals surface area contributed by atoms with Crippen LogP contribution >= 0.6 is 0 Å². The first-order valence-electron chi connectivity index (χ1n) is 11.2. The highest BCUT2D eigenvalue weighted by Gasteiger charge is 2.34. The lowest BCUT2D eigenvalue weighted by atomic mass is 9.93. The predicted octanol–water partition coefficient (Wildman–Crippen LogP) is 3.38. The number of hydrogen-bond acceptors (Lipinski definition) is 4. The van der Waals surface area contributed by atoms with Crippen LogP contribution in [0.1, 0.15) is 37.3 Å². The van der Waals surface area contributed by atoms with E-state index in [0.29, 0.717) is 37.4 Å². The summed E-state index contributed by atoms with van der Waals surface area (Å²) in [6.07, 6.45) is 2.70. The number of hydrogen-bond donors (Lipinski definition) is 0. The summed E-state index contributed by atoms with van der Waals surface area (Å²) >= 11 is 0. The van der Waals surface area contributed by atoms with E-state index in [1.54, 1.807) is 22.2 Å². The summed E-state index contributed by atoms with van der Waals surface area (Å²) in [5.74, 6) is -0.369. The Balaban J connectivity index is 1.48. The van der Waals surface area contributed by atoms with Crippen molar-refractivity contribution in [3.05, 3.63) is 65.5 Å². The van der Waals surface area contributed by atoms with Crippen LogP contribution in [0.4, 0.5) is 10.1 Å². The summed E-state index contributed by atoms with van der Waals surface area (Å²) in [5.41, 5.74) is 1.90. The quantitative estimate of drug-likeness (QED) is 0.637. The molecule has 0 unspecified atom stereocenters. The Kier molecular flexibility index (Phi) is 6.81. The first-order chi connectivity index (χ1) is 15.3. The van der Waals surface area contributed by atoms with Gasteiger partial charge < -0.3 is 9.80 Å². The van der Waals surface area contributed by atoms with E-state index in [9.17, 15) is 17.6 Å². The van der Waals surface area contributed by atoms with Crippen molar-refractivity contribution in [2.75, 3.05) is 31.1 Å². The topological polar surface area (TPSA) is 60.9 Å². The fourth-order valence-corrected chi connectivity index (χ4v) is 6.13. The van der Waals surface area contributed by atoms with Gasteiger partial charge in [-0.15, -0.1) is 0 Å². The largest absolute Gasteiger partial charge is 0.366 e. The molecule has 172 valence electrons. The number of rotatable bonds is 7. The average Bonchev–Trinajstić information content (AvgIpc) is 2.73. The maximum atomic E-state index is 15.0. The molecule has 1 aliphatic heterocycles. The Bertz CT molecular complexity index is 1050. The molecule has 0 spiro atoms. The van der Waals surface area contributed by atoms with Crippen molar-refractivity contribution in [3.8, 4) is 0 Å². The Morgan fingerprint density at radius 1 is 1.03 bits per heavy atom. The van der Waals surface area contributed by atoms with Crippen molar-refractivity contribution < 1.29 is 17.6 Å². The van der Waals surface area contributed by atoms with Crippen LogP contribution in [0.3, 0.4) is 0 Å². The molecule has 0 atom stereocenters. The molecule has 0 aromatic heterocycles. The molecule has 1 saturated carbocycles. The zero-order valence-electron chi connectivity index (χ0n) is 18.4.